The van der Waals surface area contributed by atoms with E-state index in [2.05, 4.69) is 65.3 Å². The Hall–Kier alpha value is -1.61. The Morgan fingerprint density at radius 2 is 2.00 bits per heavy atom. The molecule has 1 atom stereocenters. The predicted octanol–water partition coefficient (Wildman–Crippen LogP) is 3.19. The van der Waals surface area contributed by atoms with Crippen molar-refractivity contribution in [3.8, 4) is 0 Å². The molecule has 0 amide bonds. The molecule has 1 aromatic heterocycles. The van der Waals surface area contributed by atoms with Crippen LogP contribution in [0.4, 0.5) is 0 Å². The molecule has 2 rings (SSSR count). The Balaban J connectivity index is 1.78. The zero-order valence-corrected chi connectivity index (χ0v) is 11.8. The van der Waals surface area contributed by atoms with Crippen molar-refractivity contribution in [2.24, 2.45) is 0 Å². The Kier molecular flexibility index (Phi) is 5.16. The summed E-state index contributed by atoms with van der Waals surface area (Å²) in [6, 6.07) is 13.2. The van der Waals surface area contributed by atoms with Crippen LogP contribution in [-0.4, -0.2) is 16.3 Å². The van der Waals surface area contributed by atoms with Gasteiger partial charge in [0, 0.05) is 18.8 Å². The minimum Gasteiger partial charge on any atom is -0.311 e. The molecule has 2 aromatic rings. The standard InChI is InChI=1S/C16H23N3/c1-3-14(2)19-16(10-12-18-19)13-17-11-9-15-7-5-4-6-8-15/h4-8,10,12,14,17H,3,9,11,13H2,1-2H3. The number of hydrogen-bond donors (Lipinski definition) is 1. The maximum absolute atomic E-state index is 4.40. The van der Waals surface area contributed by atoms with Gasteiger partial charge in [0.25, 0.3) is 0 Å². The topological polar surface area (TPSA) is 29.9 Å². The van der Waals surface area contributed by atoms with Gasteiger partial charge in [-0.15, -0.1) is 0 Å². The molecule has 0 aliphatic heterocycles. The van der Waals surface area contributed by atoms with Crippen molar-refractivity contribution in [2.75, 3.05) is 6.54 Å². The molecular formula is C16H23N3. The molecule has 0 aliphatic carbocycles. The summed E-state index contributed by atoms with van der Waals surface area (Å²) < 4.78 is 2.12. The summed E-state index contributed by atoms with van der Waals surface area (Å²) in [6.45, 7) is 6.28. The van der Waals surface area contributed by atoms with Gasteiger partial charge < -0.3 is 5.32 Å². The van der Waals surface area contributed by atoms with E-state index < -0.39 is 0 Å². The van der Waals surface area contributed by atoms with Crippen molar-refractivity contribution in [1.82, 2.24) is 15.1 Å². The van der Waals surface area contributed by atoms with Gasteiger partial charge in [0.1, 0.15) is 0 Å². The smallest absolute Gasteiger partial charge is 0.0525 e. The number of aromatic nitrogens is 2. The van der Waals surface area contributed by atoms with E-state index in [1.165, 1.54) is 11.3 Å². The molecule has 0 aliphatic rings. The van der Waals surface area contributed by atoms with Crippen LogP contribution in [0, 0.1) is 0 Å². The second kappa shape index (κ2) is 7.10. The lowest BCUT2D eigenvalue weighted by Gasteiger charge is -2.14. The molecular weight excluding hydrogens is 234 g/mol. The molecule has 0 spiro atoms. The van der Waals surface area contributed by atoms with Gasteiger partial charge >= 0.3 is 0 Å². The number of rotatable bonds is 7. The first kappa shape index (κ1) is 13.8. The second-order valence-corrected chi connectivity index (χ2v) is 4.94. The van der Waals surface area contributed by atoms with Crippen molar-refractivity contribution < 1.29 is 0 Å². The summed E-state index contributed by atoms with van der Waals surface area (Å²) in [7, 11) is 0. The van der Waals surface area contributed by atoms with Gasteiger partial charge in [-0.25, -0.2) is 0 Å². The second-order valence-electron chi connectivity index (χ2n) is 4.94. The minimum atomic E-state index is 0.473. The Bertz CT molecular complexity index is 476. The van der Waals surface area contributed by atoms with Crippen LogP contribution < -0.4 is 5.32 Å². The molecule has 0 saturated heterocycles. The minimum absolute atomic E-state index is 0.473. The Morgan fingerprint density at radius 3 is 2.74 bits per heavy atom. The van der Waals surface area contributed by atoms with Crippen LogP contribution in [0.15, 0.2) is 42.6 Å². The number of nitrogens with one attached hydrogen (secondary N) is 1. The van der Waals surface area contributed by atoms with E-state index >= 15 is 0 Å². The zero-order chi connectivity index (χ0) is 13.5. The maximum atomic E-state index is 4.40. The molecule has 102 valence electrons. The van der Waals surface area contributed by atoms with Gasteiger partial charge in [0.05, 0.1) is 5.69 Å². The zero-order valence-electron chi connectivity index (χ0n) is 11.8. The first-order valence-corrected chi connectivity index (χ1v) is 7.08. The summed E-state index contributed by atoms with van der Waals surface area (Å²) in [5.74, 6) is 0. The van der Waals surface area contributed by atoms with Gasteiger partial charge in [-0.2, -0.15) is 5.10 Å². The molecule has 0 bridgehead atoms. The fourth-order valence-electron chi connectivity index (χ4n) is 2.15. The molecule has 19 heavy (non-hydrogen) atoms. The largest absolute Gasteiger partial charge is 0.311 e. The van der Waals surface area contributed by atoms with Crippen LogP contribution >= 0.6 is 0 Å². The van der Waals surface area contributed by atoms with E-state index in [4.69, 9.17) is 0 Å². The molecule has 0 saturated carbocycles. The van der Waals surface area contributed by atoms with Crippen LogP contribution in [0.1, 0.15) is 37.6 Å². The lowest BCUT2D eigenvalue weighted by atomic mass is 10.1. The van der Waals surface area contributed by atoms with Crippen molar-refractivity contribution in [1.29, 1.82) is 0 Å². The summed E-state index contributed by atoms with van der Waals surface area (Å²) in [6.07, 6.45) is 4.07. The Morgan fingerprint density at radius 1 is 1.21 bits per heavy atom. The lowest BCUT2D eigenvalue weighted by molar-refractivity contribution is 0.452. The fraction of sp³-hybridized carbons (Fsp3) is 0.438. The van der Waals surface area contributed by atoms with Crippen LogP contribution in [0.25, 0.3) is 0 Å². The van der Waals surface area contributed by atoms with Crippen LogP contribution in [0.3, 0.4) is 0 Å². The highest BCUT2D eigenvalue weighted by molar-refractivity contribution is 5.14. The average molecular weight is 257 g/mol. The maximum Gasteiger partial charge on any atom is 0.0525 e. The SMILES string of the molecule is CCC(C)n1nccc1CNCCc1ccccc1. The molecule has 1 N–H and O–H groups in total. The third kappa shape index (κ3) is 3.93. The summed E-state index contributed by atoms with van der Waals surface area (Å²) in [5.41, 5.74) is 2.65. The number of benzene rings is 1. The molecule has 3 heteroatoms. The van der Waals surface area contributed by atoms with Crippen molar-refractivity contribution in [2.45, 2.75) is 39.3 Å². The van der Waals surface area contributed by atoms with E-state index in [0.29, 0.717) is 6.04 Å². The summed E-state index contributed by atoms with van der Waals surface area (Å²) in [4.78, 5) is 0. The van der Waals surface area contributed by atoms with Gasteiger partial charge in [0.15, 0.2) is 0 Å². The first-order chi connectivity index (χ1) is 9.31. The van der Waals surface area contributed by atoms with Crippen LogP contribution in [-0.2, 0) is 13.0 Å². The van der Waals surface area contributed by atoms with Crippen LogP contribution in [0.2, 0.25) is 0 Å². The lowest BCUT2D eigenvalue weighted by Crippen LogP contribution is -2.20. The normalized spacial score (nSPS) is 12.5. The molecule has 3 nitrogen and oxygen atoms in total. The van der Waals surface area contributed by atoms with Gasteiger partial charge in [0.2, 0.25) is 0 Å². The summed E-state index contributed by atoms with van der Waals surface area (Å²) in [5, 5.41) is 7.90. The molecule has 0 fully saturated rings. The molecule has 1 unspecified atom stereocenters. The molecule has 0 radical (unpaired) electrons. The first-order valence-electron chi connectivity index (χ1n) is 7.08. The van der Waals surface area contributed by atoms with E-state index in [0.717, 1.165) is 25.9 Å². The Labute approximate surface area is 115 Å². The van der Waals surface area contributed by atoms with Crippen LogP contribution in [0.5, 0.6) is 0 Å². The average Bonchev–Trinajstić information content (AvgIpc) is 2.92. The van der Waals surface area contributed by atoms with Gasteiger partial charge in [-0.3, -0.25) is 4.68 Å². The van der Waals surface area contributed by atoms with Crippen molar-refractivity contribution in [3.05, 3.63) is 53.9 Å². The van der Waals surface area contributed by atoms with E-state index in [9.17, 15) is 0 Å². The predicted molar refractivity (Wildman–Crippen MR) is 79.1 cm³/mol. The third-order valence-electron chi connectivity index (χ3n) is 3.50. The van der Waals surface area contributed by atoms with Crippen molar-refractivity contribution >= 4 is 0 Å². The quantitative estimate of drug-likeness (QED) is 0.772. The van der Waals surface area contributed by atoms with Gasteiger partial charge in [-0.05, 0) is 37.9 Å². The number of nitrogens with zero attached hydrogens (tertiary/aromatic N) is 2. The fourth-order valence-corrected chi connectivity index (χ4v) is 2.15. The molecule has 1 aromatic carbocycles. The summed E-state index contributed by atoms with van der Waals surface area (Å²) >= 11 is 0. The van der Waals surface area contributed by atoms with E-state index in [1.54, 1.807) is 0 Å². The molecule has 1 heterocycles. The third-order valence-corrected chi connectivity index (χ3v) is 3.50. The van der Waals surface area contributed by atoms with Gasteiger partial charge in [-0.1, -0.05) is 37.3 Å². The highest BCUT2D eigenvalue weighted by atomic mass is 15.3. The van der Waals surface area contributed by atoms with E-state index in [-0.39, 0.29) is 0 Å². The van der Waals surface area contributed by atoms with Crippen molar-refractivity contribution in [3.63, 3.8) is 0 Å². The number of hydrogen-bond acceptors (Lipinski definition) is 2. The van der Waals surface area contributed by atoms with E-state index in [1.807, 2.05) is 6.20 Å². The monoisotopic (exact) mass is 257 g/mol. The highest BCUT2D eigenvalue weighted by Crippen LogP contribution is 2.11. The highest BCUT2D eigenvalue weighted by Gasteiger charge is 2.07.